The summed E-state index contributed by atoms with van der Waals surface area (Å²) in [6, 6.07) is 13.6. The highest BCUT2D eigenvalue weighted by Gasteiger charge is 2.04. The standard InChI is InChI=1S/C17H19N3OS/c1-12-13(2)16(21-3)10-9-14(12)11-18-20-17(22)19-15-7-5-4-6-8-15/h4-11H,1-3H3,(H2,19,20,22). The minimum absolute atomic E-state index is 0.449. The van der Waals surface area contributed by atoms with E-state index < -0.39 is 0 Å². The molecule has 0 heterocycles. The molecule has 0 saturated heterocycles. The largest absolute Gasteiger partial charge is 0.496 e. The van der Waals surface area contributed by atoms with Crippen LogP contribution < -0.4 is 15.5 Å². The van der Waals surface area contributed by atoms with E-state index in [4.69, 9.17) is 17.0 Å². The molecular weight excluding hydrogens is 294 g/mol. The van der Waals surface area contributed by atoms with Gasteiger partial charge in [-0.3, -0.25) is 5.43 Å². The van der Waals surface area contributed by atoms with Crippen molar-refractivity contribution in [1.82, 2.24) is 5.43 Å². The van der Waals surface area contributed by atoms with E-state index in [1.54, 1.807) is 13.3 Å². The first-order valence-electron chi connectivity index (χ1n) is 6.91. The van der Waals surface area contributed by atoms with E-state index in [-0.39, 0.29) is 0 Å². The van der Waals surface area contributed by atoms with Gasteiger partial charge in [0.25, 0.3) is 0 Å². The van der Waals surface area contributed by atoms with Gasteiger partial charge in [0.1, 0.15) is 5.75 Å². The minimum atomic E-state index is 0.449. The second-order valence-electron chi connectivity index (χ2n) is 4.80. The quantitative estimate of drug-likeness (QED) is 0.514. The van der Waals surface area contributed by atoms with Gasteiger partial charge in [0, 0.05) is 5.69 Å². The number of thiocarbonyl (C=S) groups is 1. The normalized spacial score (nSPS) is 10.5. The van der Waals surface area contributed by atoms with Crippen LogP contribution >= 0.6 is 12.2 Å². The lowest BCUT2D eigenvalue weighted by Gasteiger charge is -2.10. The molecule has 0 spiro atoms. The molecule has 0 aliphatic carbocycles. The van der Waals surface area contributed by atoms with Crippen LogP contribution in [0.2, 0.25) is 0 Å². The van der Waals surface area contributed by atoms with Crippen molar-refractivity contribution in [3.63, 3.8) is 0 Å². The van der Waals surface area contributed by atoms with E-state index in [0.717, 1.165) is 28.1 Å². The average Bonchev–Trinajstić information content (AvgIpc) is 2.52. The van der Waals surface area contributed by atoms with E-state index in [0.29, 0.717) is 5.11 Å². The highest BCUT2D eigenvalue weighted by Crippen LogP contribution is 2.22. The molecule has 0 amide bonds. The van der Waals surface area contributed by atoms with Gasteiger partial charge >= 0.3 is 0 Å². The van der Waals surface area contributed by atoms with Crippen molar-refractivity contribution in [1.29, 1.82) is 0 Å². The number of ether oxygens (including phenoxy) is 1. The predicted octanol–water partition coefficient (Wildman–Crippen LogP) is 3.63. The molecule has 0 atom stereocenters. The fourth-order valence-electron chi connectivity index (χ4n) is 2.02. The Kier molecular flexibility index (Phi) is 5.49. The number of rotatable bonds is 4. The van der Waals surface area contributed by atoms with E-state index in [2.05, 4.69) is 15.8 Å². The maximum atomic E-state index is 5.30. The first-order valence-corrected chi connectivity index (χ1v) is 7.32. The van der Waals surface area contributed by atoms with Crippen LogP contribution in [0.1, 0.15) is 16.7 Å². The number of methoxy groups -OCH3 is 1. The van der Waals surface area contributed by atoms with Crippen molar-refractivity contribution in [2.45, 2.75) is 13.8 Å². The Morgan fingerprint density at radius 2 is 1.82 bits per heavy atom. The zero-order valence-corrected chi connectivity index (χ0v) is 13.7. The van der Waals surface area contributed by atoms with Crippen LogP contribution in [-0.4, -0.2) is 18.4 Å². The third-order valence-electron chi connectivity index (χ3n) is 3.40. The predicted molar refractivity (Wildman–Crippen MR) is 95.9 cm³/mol. The fraction of sp³-hybridized carbons (Fsp3) is 0.176. The number of anilines is 1. The van der Waals surface area contributed by atoms with Crippen LogP contribution in [0.25, 0.3) is 0 Å². The van der Waals surface area contributed by atoms with Gasteiger partial charge < -0.3 is 10.1 Å². The summed E-state index contributed by atoms with van der Waals surface area (Å²) in [6.45, 7) is 4.07. The number of hydrogen-bond acceptors (Lipinski definition) is 3. The summed E-state index contributed by atoms with van der Waals surface area (Å²) in [6.07, 6.45) is 1.75. The van der Waals surface area contributed by atoms with E-state index in [9.17, 15) is 0 Å². The lowest BCUT2D eigenvalue weighted by Crippen LogP contribution is -2.23. The van der Waals surface area contributed by atoms with Gasteiger partial charge in [-0.1, -0.05) is 18.2 Å². The molecule has 0 radical (unpaired) electrons. The van der Waals surface area contributed by atoms with Crippen molar-refractivity contribution in [2.24, 2.45) is 5.10 Å². The van der Waals surface area contributed by atoms with Crippen molar-refractivity contribution in [2.75, 3.05) is 12.4 Å². The molecule has 0 unspecified atom stereocenters. The van der Waals surface area contributed by atoms with E-state index in [1.807, 2.05) is 56.3 Å². The number of benzene rings is 2. The number of hydrazone groups is 1. The molecule has 4 nitrogen and oxygen atoms in total. The van der Waals surface area contributed by atoms with Gasteiger partial charge in [0.05, 0.1) is 13.3 Å². The highest BCUT2D eigenvalue weighted by molar-refractivity contribution is 7.80. The first kappa shape index (κ1) is 16.0. The Bertz CT molecular complexity index is 684. The number of nitrogens with one attached hydrogen (secondary N) is 2. The molecule has 0 fully saturated rings. The van der Waals surface area contributed by atoms with Gasteiger partial charge in [-0.15, -0.1) is 0 Å². The van der Waals surface area contributed by atoms with Crippen LogP contribution in [0.3, 0.4) is 0 Å². The smallest absolute Gasteiger partial charge is 0.191 e. The minimum Gasteiger partial charge on any atom is -0.496 e. The van der Waals surface area contributed by atoms with Crippen LogP contribution in [-0.2, 0) is 0 Å². The summed E-state index contributed by atoms with van der Waals surface area (Å²) in [5.74, 6) is 0.879. The molecule has 0 saturated carbocycles. The van der Waals surface area contributed by atoms with Crippen LogP contribution in [0.5, 0.6) is 5.75 Å². The van der Waals surface area contributed by atoms with Gasteiger partial charge in [0.15, 0.2) is 5.11 Å². The Morgan fingerprint density at radius 1 is 1.09 bits per heavy atom. The number of para-hydroxylation sites is 1. The van der Waals surface area contributed by atoms with Gasteiger partial charge in [-0.2, -0.15) is 5.10 Å². The third-order valence-corrected chi connectivity index (χ3v) is 3.59. The third kappa shape index (κ3) is 4.05. The van der Waals surface area contributed by atoms with Crippen molar-refractivity contribution in [3.8, 4) is 5.75 Å². The molecule has 0 aliphatic rings. The summed E-state index contributed by atoms with van der Waals surface area (Å²) >= 11 is 5.19. The average molecular weight is 313 g/mol. The zero-order valence-electron chi connectivity index (χ0n) is 12.9. The van der Waals surface area contributed by atoms with Crippen LogP contribution in [0.15, 0.2) is 47.6 Å². The van der Waals surface area contributed by atoms with Crippen molar-refractivity contribution in [3.05, 3.63) is 59.2 Å². The SMILES string of the molecule is COc1ccc(C=NNC(=S)Nc2ccccc2)c(C)c1C. The lowest BCUT2D eigenvalue weighted by atomic mass is 10.0. The van der Waals surface area contributed by atoms with E-state index >= 15 is 0 Å². The Balaban J connectivity index is 1.98. The summed E-state index contributed by atoms with van der Waals surface area (Å²) in [5.41, 5.74) is 7.00. The molecule has 2 aromatic rings. The molecule has 0 aromatic heterocycles. The maximum Gasteiger partial charge on any atom is 0.191 e. The second-order valence-corrected chi connectivity index (χ2v) is 5.21. The molecule has 114 valence electrons. The van der Waals surface area contributed by atoms with Gasteiger partial charge in [0.2, 0.25) is 0 Å². The Labute approximate surface area is 136 Å². The molecule has 0 bridgehead atoms. The topological polar surface area (TPSA) is 45.6 Å². The molecule has 2 N–H and O–H groups in total. The van der Waals surface area contributed by atoms with Gasteiger partial charge in [-0.25, -0.2) is 0 Å². The summed E-state index contributed by atoms with van der Waals surface area (Å²) in [4.78, 5) is 0. The number of nitrogens with zero attached hydrogens (tertiary/aromatic N) is 1. The maximum absolute atomic E-state index is 5.30. The molecule has 22 heavy (non-hydrogen) atoms. The second kappa shape index (κ2) is 7.56. The van der Waals surface area contributed by atoms with Crippen molar-refractivity contribution >= 4 is 29.2 Å². The number of hydrogen-bond donors (Lipinski definition) is 2. The highest BCUT2D eigenvalue weighted by atomic mass is 32.1. The fourth-order valence-corrected chi connectivity index (χ4v) is 2.19. The first-order chi connectivity index (χ1) is 10.6. The Hall–Kier alpha value is -2.40. The van der Waals surface area contributed by atoms with Crippen LogP contribution in [0.4, 0.5) is 5.69 Å². The summed E-state index contributed by atoms with van der Waals surface area (Å²) in [7, 11) is 1.67. The molecular formula is C17H19N3OS. The molecule has 5 heteroatoms. The van der Waals surface area contributed by atoms with Crippen molar-refractivity contribution < 1.29 is 4.74 Å². The summed E-state index contributed by atoms with van der Waals surface area (Å²) < 4.78 is 5.30. The molecule has 2 aromatic carbocycles. The van der Waals surface area contributed by atoms with E-state index in [1.165, 1.54) is 0 Å². The Morgan fingerprint density at radius 3 is 2.50 bits per heavy atom. The molecule has 0 aliphatic heterocycles. The van der Waals surface area contributed by atoms with Gasteiger partial charge in [-0.05, 0) is 67.0 Å². The molecule has 2 rings (SSSR count). The summed E-state index contributed by atoms with van der Waals surface area (Å²) in [5, 5.41) is 7.68. The zero-order chi connectivity index (χ0) is 15.9. The lowest BCUT2D eigenvalue weighted by molar-refractivity contribution is 0.411. The monoisotopic (exact) mass is 313 g/mol. The van der Waals surface area contributed by atoms with Crippen LogP contribution in [0, 0.1) is 13.8 Å².